The Morgan fingerprint density at radius 1 is 0.367 bits per heavy atom. The molecule has 0 spiro atoms. The lowest BCUT2D eigenvalue weighted by Crippen LogP contribution is -1.88. The van der Waals surface area contributed by atoms with E-state index in [4.69, 9.17) is 19.3 Å². The third kappa shape index (κ3) is 3.88. The Kier molecular flexibility index (Phi) is 5.22. The number of hydrogen-bond donors (Lipinski definition) is 0. The van der Waals surface area contributed by atoms with Gasteiger partial charge in [0.15, 0.2) is 0 Å². The zero-order valence-corrected chi connectivity index (χ0v) is 16.4. The van der Waals surface area contributed by atoms with Crippen molar-refractivity contribution in [2.75, 3.05) is 0 Å². The van der Waals surface area contributed by atoms with Gasteiger partial charge in [0.25, 0.3) is 0 Å². The summed E-state index contributed by atoms with van der Waals surface area (Å²) in [4.78, 5) is 0. The molecule has 0 saturated carbocycles. The summed E-state index contributed by atoms with van der Waals surface area (Å²) in [5.41, 5.74) is 8.99. The maximum Gasteiger partial charge on any atom is 0.0248 e. The van der Waals surface area contributed by atoms with Crippen LogP contribution < -0.4 is 0 Å². The van der Waals surface area contributed by atoms with E-state index in [0.29, 0.717) is 0 Å². The minimum absolute atomic E-state index is 0.850. The summed E-state index contributed by atoms with van der Waals surface area (Å²) in [6.45, 7) is 0. The zero-order valence-electron chi connectivity index (χ0n) is 16.4. The highest BCUT2D eigenvalue weighted by atomic mass is 14.1. The molecule has 0 nitrogen and oxygen atoms in total. The highest BCUT2D eigenvalue weighted by Crippen LogP contribution is 2.33. The van der Waals surface area contributed by atoms with Crippen LogP contribution in [0.15, 0.2) is 91.0 Å². The second-order valence-electron chi connectivity index (χ2n) is 6.97. The third-order valence-electron chi connectivity index (χ3n) is 5.02. The Morgan fingerprint density at radius 3 is 0.933 bits per heavy atom. The van der Waals surface area contributed by atoms with Crippen molar-refractivity contribution in [3.63, 3.8) is 0 Å². The molecule has 0 unspecified atom stereocenters. The van der Waals surface area contributed by atoms with Crippen LogP contribution in [-0.4, -0.2) is 0 Å². The number of rotatable bonds is 3. The van der Waals surface area contributed by atoms with E-state index in [9.17, 15) is 0 Å². The van der Waals surface area contributed by atoms with Crippen LogP contribution in [0.5, 0.6) is 0 Å². The molecule has 0 fully saturated rings. The first kappa shape index (κ1) is 18.9. The predicted molar refractivity (Wildman–Crippen MR) is 127 cm³/mol. The van der Waals surface area contributed by atoms with Crippen molar-refractivity contribution in [1.82, 2.24) is 0 Å². The van der Waals surface area contributed by atoms with Gasteiger partial charge in [0, 0.05) is 16.7 Å². The SMILES string of the molecule is C#Cc1cccc(-c2cc(-c3cccc(C#C)c3)cc(-c3cccc(C#C)c3)c2)c1. The zero-order chi connectivity index (χ0) is 20.9. The average molecular weight is 378 g/mol. The van der Waals surface area contributed by atoms with Crippen LogP contribution in [-0.2, 0) is 0 Å². The normalized spacial score (nSPS) is 9.90. The Labute approximate surface area is 178 Å². The van der Waals surface area contributed by atoms with Gasteiger partial charge in [-0.2, -0.15) is 0 Å². The van der Waals surface area contributed by atoms with Crippen molar-refractivity contribution >= 4 is 0 Å². The molecule has 4 aromatic carbocycles. The Balaban J connectivity index is 1.95. The second kappa shape index (κ2) is 8.29. The van der Waals surface area contributed by atoms with Crippen molar-refractivity contribution in [2.24, 2.45) is 0 Å². The van der Waals surface area contributed by atoms with Crippen molar-refractivity contribution in [1.29, 1.82) is 0 Å². The standard InChI is InChI=1S/C30H18/c1-4-22-10-7-13-25(16-22)28-19-29(26-14-8-11-23(5-2)17-26)21-30(20-28)27-15-9-12-24(6-3)18-27/h1-3,7-21H. The monoisotopic (exact) mass is 378 g/mol. The first-order chi connectivity index (χ1) is 14.7. The molecule has 0 radical (unpaired) electrons. The third-order valence-corrected chi connectivity index (χ3v) is 5.02. The molecule has 0 heteroatoms. The maximum absolute atomic E-state index is 5.62. The second-order valence-corrected chi connectivity index (χ2v) is 6.97. The van der Waals surface area contributed by atoms with E-state index in [2.05, 4.69) is 54.2 Å². The molecule has 0 heterocycles. The largest absolute Gasteiger partial charge is 0.115 e. The quantitative estimate of drug-likeness (QED) is 0.351. The Hall–Kier alpha value is -4.44. The molecule has 0 saturated heterocycles. The van der Waals surface area contributed by atoms with Gasteiger partial charge in [-0.15, -0.1) is 19.3 Å². The van der Waals surface area contributed by atoms with Gasteiger partial charge in [-0.3, -0.25) is 0 Å². The lowest BCUT2D eigenvalue weighted by atomic mass is 9.92. The number of hydrogen-bond acceptors (Lipinski definition) is 0. The number of terminal acetylenes is 3. The van der Waals surface area contributed by atoms with Gasteiger partial charge in [-0.25, -0.2) is 0 Å². The minimum atomic E-state index is 0.850. The van der Waals surface area contributed by atoms with Crippen molar-refractivity contribution in [3.8, 4) is 70.4 Å². The van der Waals surface area contributed by atoms with Gasteiger partial charge < -0.3 is 0 Å². The van der Waals surface area contributed by atoms with Gasteiger partial charge in [0.1, 0.15) is 0 Å². The molecule has 0 bridgehead atoms. The maximum atomic E-state index is 5.62. The predicted octanol–water partition coefficient (Wildman–Crippen LogP) is 6.63. The summed E-state index contributed by atoms with van der Waals surface area (Å²) in [6.07, 6.45) is 16.8. The van der Waals surface area contributed by atoms with Crippen LogP contribution >= 0.6 is 0 Å². The van der Waals surface area contributed by atoms with Crippen LogP contribution in [0.25, 0.3) is 33.4 Å². The Bertz CT molecular complexity index is 1180. The summed E-state index contributed by atoms with van der Waals surface area (Å²) in [5, 5.41) is 0. The molecule has 0 aromatic heterocycles. The fraction of sp³-hybridized carbons (Fsp3) is 0. The highest BCUT2D eigenvalue weighted by molar-refractivity contribution is 5.82. The molecule has 0 atom stereocenters. The topological polar surface area (TPSA) is 0 Å². The van der Waals surface area contributed by atoms with E-state index >= 15 is 0 Å². The summed E-state index contributed by atoms with van der Waals surface area (Å²) < 4.78 is 0. The van der Waals surface area contributed by atoms with E-state index < -0.39 is 0 Å². The molecule has 138 valence electrons. The fourth-order valence-electron chi connectivity index (χ4n) is 3.49. The van der Waals surface area contributed by atoms with Gasteiger partial charge in [0.2, 0.25) is 0 Å². The van der Waals surface area contributed by atoms with Crippen LogP contribution in [0.4, 0.5) is 0 Å². The summed E-state index contributed by atoms with van der Waals surface area (Å²) in [5.74, 6) is 8.15. The molecule has 0 N–H and O–H groups in total. The van der Waals surface area contributed by atoms with E-state index in [-0.39, 0.29) is 0 Å². The van der Waals surface area contributed by atoms with Crippen molar-refractivity contribution < 1.29 is 0 Å². The molecule has 30 heavy (non-hydrogen) atoms. The summed E-state index contributed by atoms with van der Waals surface area (Å²) in [7, 11) is 0. The van der Waals surface area contributed by atoms with Crippen LogP contribution in [0, 0.1) is 37.0 Å². The van der Waals surface area contributed by atoms with E-state index in [0.717, 1.165) is 50.1 Å². The van der Waals surface area contributed by atoms with Crippen molar-refractivity contribution in [3.05, 3.63) is 108 Å². The summed E-state index contributed by atoms with van der Waals surface area (Å²) in [6, 6.07) is 30.5. The first-order valence-corrected chi connectivity index (χ1v) is 9.56. The first-order valence-electron chi connectivity index (χ1n) is 9.56. The smallest absolute Gasteiger partial charge is 0.0248 e. The van der Waals surface area contributed by atoms with Gasteiger partial charge in [-0.1, -0.05) is 54.2 Å². The van der Waals surface area contributed by atoms with Crippen molar-refractivity contribution in [2.45, 2.75) is 0 Å². The molecule has 0 aliphatic heterocycles. The molecular weight excluding hydrogens is 360 g/mol. The van der Waals surface area contributed by atoms with E-state index in [1.165, 1.54) is 0 Å². The van der Waals surface area contributed by atoms with Gasteiger partial charge >= 0.3 is 0 Å². The molecule has 0 aliphatic carbocycles. The lowest BCUT2D eigenvalue weighted by molar-refractivity contribution is 1.54. The van der Waals surface area contributed by atoms with Crippen LogP contribution in [0.1, 0.15) is 16.7 Å². The minimum Gasteiger partial charge on any atom is -0.115 e. The number of benzene rings is 4. The van der Waals surface area contributed by atoms with E-state index in [1.54, 1.807) is 0 Å². The van der Waals surface area contributed by atoms with Gasteiger partial charge in [0.05, 0.1) is 0 Å². The van der Waals surface area contributed by atoms with Crippen LogP contribution in [0.2, 0.25) is 0 Å². The molecule has 4 rings (SSSR count). The molecular formula is C30H18. The van der Waals surface area contributed by atoms with Crippen LogP contribution in [0.3, 0.4) is 0 Å². The lowest BCUT2D eigenvalue weighted by Gasteiger charge is -2.12. The Morgan fingerprint density at radius 2 is 0.667 bits per heavy atom. The molecule has 4 aromatic rings. The average Bonchev–Trinajstić information content (AvgIpc) is 2.83. The fourth-order valence-corrected chi connectivity index (χ4v) is 3.49. The van der Waals surface area contributed by atoms with Gasteiger partial charge in [-0.05, 0) is 88.0 Å². The highest BCUT2D eigenvalue weighted by Gasteiger charge is 2.09. The molecule has 0 aliphatic rings. The van der Waals surface area contributed by atoms with E-state index in [1.807, 2.05) is 54.6 Å². The summed E-state index contributed by atoms with van der Waals surface area (Å²) >= 11 is 0. The molecule has 0 amide bonds.